The minimum Gasteiger partial charge on any atom is -0.383 e. The molecule has 1 N–H and O–H groups in total. The fourth-order valence-corrected chi connectivity index (χ4v) is 3.54. The van der Waals surface area contributed by atoms with Crippen LogP contribution in [0.4, 0.5) is 0 Å². The number of benzene rings is 1. The van der Waals surface area contributed by atoms with E-state index in [0.717, 1.165) is 32.5 Å². The van der Waals surface area contributed by atoms with E-state index in [2.05, 4.69) is 34.5 Å². The molecular weight excluding hydrogens is 292 g/mol. The highest BCUT2D eigenvalue weighted by molar-refractivity contribution is 5.81. The van der Waals surface area contributed by atoms with Gasteiger partial charge in [0, 0.05) is 26.7 Å². The number of carbonyl (C=O) groups excluding carboxylic acids is 1. The van der Waals surface area contributed by atoms with Gasteiger partial charge in [-0.25, -0.2) is 0 Å². The Balaban J connectivity index is 1.48. The average Bonchev–Trinajstić information content (AvgIpc) is 2.99. The Morgan fingerprint density at radius 2 is 2.22 bits per heavy atom. The Morgan fingerprint density at radius 3 is 3.00 bits per heavy atom. The lowest BCUT2D eigenvalue weighted by atomic mass is 9.91. The van der Waals surface area contributed by atoms with Gasteiger partial charge < -0.3 is 14.8 Å². The van der Waals surface area contributed by atoms with E-state index in [4.69, 9.17) is 9.47 Å². The third-order valence-corrected chi connectivity index (χ3v) is 4.78. The molecule has 2 fully saturated rings. The summed E-state index contributed by atoms with van der Waals surface area (Å²) in [7, 11) is 1.63. The van der Waals surface area contributed by atoms with E-state index in [1.54, 1.807) is 7.11 Å². The van der Waals surface area contributed by atoms with Crippen molar-refractivity contribution in [2.24, 2.45) is 5.92 Å². The van der Waals surface area contributed by atoms with Crippen molar-refractivity contribution in [1.82, 2.24) is 10.2 Å². The van der Waals surface area contributed by atoms with Gasteiger partial charge in [0.2, 0.25) is 5.91 Å². The number of amides is 1. The fraction of sp³-hybridized carbons (Fsp3) is 0.611. The number of methoxy groups -OCH3 is 1. The third-order valence-electron chi connectivity index (χ3n) is 4.78. The van der Waals surface area contributed by atoms with Gasteiger partial charge in [-0.1, -0.05) is 30.3 Å². The maximum absolute atomic E-state index is 12.1. The lowest BCUT2D eigenvalue weighted by Crippen LogP contribution is -2.42. The number of fused-ring (bicyclic) bond motifs is 1. The van der Waals surface area contributed by atoms with Crippen LogP contribution < -0.4 is 5.32 Å². The van der Waals surface area contributed by atoms with Crippen molar-refractivity contribution < 1.29 is 14.3 Å². The van der Waals surface area contributed by atoms with Gasteiger partial charge in [0.25, 0.3) is 0 Å². The molecule has 1 aromatic carbocycles. The summed E-state index contributed by atoms with van der Waals surface area (Å²) in [5.74, 6) is 0.520. The van der Waals surface area contributed by atoms with Gasteiger partial charge in [-0.3, -0.25) is 9.69 Å². The van der Waals surface area contributed by atoms with Crippen molar-refractivity contribution in [1.29, 1.82) is 0 Å². The Bertz CT molecular complexity index is 508. The Morgan fingerprint density at radius 1 is 1.39 bits per heavy atom. The molecule has 0 aromatic heterocycles. The van der Waals surface area contributed by atoms with E-state index < -0.39 is 0 Å². The number of hydrogen-bond donors (Lipinski definition) is 1. The van der Waals surface area contributed by atoms with E-state index in [-0.39, 0.29) is 18.1 Å². The topological polar surface area (TPSA) is 50.8 Å². The molecule has 23 heavy (non-hydrogen) atoms. The van der Waals surface area contributed by atoms with Gasteiger partial charge in [-0.15, -0.1) is 0 Å². The summed E-state index contributed by atoms with van der Waals surface area (Å²) in [4.78, 5) is 14.6. The van der Waals surface area contributed by atoms with Crippen LogP contribution in [0.2, 0.25) is 0 Å². The fourth-order valence-electron chi connectivity index (χ4n) is 3.54. The average molecular weight is 318 g/mol. The highest BCUT2D eigenvalue weighted by atomic mass is 16.5. The molecule has 1 aromatic rings. The van der Waals surface area contributed by atoms with E-state index in [0.29, 0.717) is 19.1 Å². The van der Waals surface area contributed by atoms with Crippen LogP contribution in [-0.2, 0) is 20.8 Å². The summed E-state index contributed by atoms with van der Waals surface area (Å²) in [5.41, 5.74) is 1.33. The number of hydrogen-bond acceptors (Lipinski definition) is 4. The first-order chi connectivity index (χ1) is 11.3. The van der Waals surface area contributed by atoms with Crippen molar-refractivity contribution >= 4 is 5.91 Å². The second-order valence-corrected chi connectivity index (χ2v) is 6.45. The highest BCUT2D eigenvalue weighted by Crippen LogP contribution is 2.33. The molecule has 0 aliphatic carbocycles. The molecule has 2 saturated heterocycles. The summed E-state index contributed by atoms with van der Waals surface area (Å²) in [6, 6.07) is 10.5. The van der Waals surface area contributed by atoms with Crippen molar-refractivity contribution in [2.75, 3.05) is 33.4 Å². The second-order valence-electron chi connectivity index (χ2n) is 6.45. The number of ether oxygens (including phenoxy) is 2. The second kappa shape index (κ2) is 7.90. The summed E-state index contributed by atoms with van der Waals surface area (Å²) < 4.78 is 11.0. The SMILES string of the molecule is COCCNC(=O)[C@H]1C[C@@H]2CCN(Cc3ccccc3)C[C@H]2O1. The van der Waals surface area contributed by atoms with E-state index in [1.165, 1.54) is 5.56 Å². The molecule has 0 bridgehead atoms. The quantitative estimate of drug-likeness (QED) is 0.806. The van der Waals surface area contributed by atoms with Gasteiger partial charge in [-0.05, 0) is 30.9 Å². The minimum atomic E-state index is -0.293. The molecule has 0 radical (unpaired) electrons. The Labute approximate surface area is 137 Å². The summed E-state index contributed by atoms with van der Waals surface area (Å²) in [6.45, 7) is 4.04. The van der Waals surface area contributed by atoms with Gasteiger partial charge in [0.15, 0.2) is 0 Å². The first kappa shape index (κ1) is 16.4. The molecule has 2 aliphatic rings. The molecule has 2 aliphatic heterocycles. The van der Waals surface area contributed by atoms with Crippen LogP contribution >= 0.6 is 0 Å². The van der Waals surface area contributed by atoms with Crippen LogP contribution in [0.1, 0.15) is 18.4 Å². The van der Waals surface area contributed by atoms with Crippen molar-refractivity contribution in [2.45, 2.75) is 31.6 Å². The maximum atomic E-state index is 12.1. The Hall–Kier alpha value is -1.43. The van der Waals surface area contributed by atoms with Crippen LogP contribution in [0, 0.1) is 5.92 Å². The van der Waals surface area contributed by atoms with E-state index in [9.17, 15) is 4.79 Å². The number of piperidine rings is 1. The van der Waals surface area contributed by atoms with E-state index >= 15 is 0 Å². The highest BCUT2D eigenvalue weighted by Gasteiger charge is 2.41. The summed E-state index contributed by atoms with van der Waals surface area (Å²) in [6.07, 6.45) is 1.85. The lowest BCUT2D eigenvalue weighted by molar-refractivity contribution is -0.133. The summed E-state index contributed by atoms with van der Waals surface area (Å²) >= 11 is 0. The number of nitrogens with zero attached hydrogens (tertiary/aromatic N) is 1. The van der Waals surface area contributed by atoms with Crippen LogP contribution in [-0.4, -0.2) is 56.4 Å². The zero-order chi connectivity index (χ0) is 16.1. The number of rotatable bonds is 6. The minimum absolute atomic E-state index is 0.00561. The molecule has 1 amide bonds. The first-order valence-corrected chi connectivity index (χ1v) is 8.44. The molecule has 0 spiro atoms. The third kappa shape index (κ3) is 4.31. The number of likely N-dealkylation sites (tertiary alicyclic amines) is 1. The van der Waals surface area contributed by atoms with Crippen LogP contribution in [0.3, 0.4) is 0 Å². The number of nitrogens with one attached hydrogen (secondary N) is 1. The molecule has 2 heterocycles. The van der Waals surface area contributed by atoms with Crippen molar-refractivity contribution in [3.05, 3.63) is 35.9 Å². The monoisotopic (exact) mass is 318 g/mol. The zero-order valence-corrected chi connectivity index (χ0v) is 13.7. The lowest BCUT2D eigenvalue weighted by Gasteiger charge is -2.34. The molecule has 0 unspecified atom stereocenters. The summed E-state index contributed by atoms with van der Waals surface area (Å²) in [5, 5.41) is 2.88. The number of carbonyl (C=O) groups is 1. The van der Waals surface area contributed by atoms with Crippen LogP contribution in [0.5, 0.6) is 0 Å². The zero-order valence-electron chi connectivity index (χ0n) is 13.7. The Kier molecular flexibility index (Phi) is 5.65. The van der Waals surface area contributed by atoms with Crippen molar-refractivity contribution in [3.63, 3.8) is 0 Å². The molecule has 5 nitrogen and oxygen atoms in total. The van der Waals surface area contributed by atoms with Crippen molar-refractivity contribution in [3.8, 4) is 0 Å². The molecule has 0 saturated carbocycles. The maximum Gasteiger partial charge on any atom is 0.249 e. The van der Waals surface area contributed by atoms with Gasteiger partial charge in [-0.2, -0.15) is 0 Å². The smallest absolute Gasteiger partial charge is 0.249 e. The van der Waals surface area contributed by atoms with Gasteiger partial charge >= 0.3 is 0 Å². The normalized spacial score (nSPS) is 27.6. The molecule has 3 rings (SSSR count). The predicted molar refractivity (Wildman–Crippen MR) is 88.0 cm³/mol. The molecular formula is C18H26N2O3. The first-order valence-electron chi connectivity index (χ1n) is 8.44. The van der Waals surface area contributed by atoms with Gasteiger partial charge in [0.1, 0.15) is 6.10 Å². The van der Waals surface area contributed by atoms with E-state index in [1.807, 2.05) is 6.07 Å². The van der Waals surface area contributed by atoms with Crippen LogP contribution in [0.25, 0.3) is 0 Å². The molecule has 5 heteroatoms. The van der Waals surface area contributed by atoms with Gasteiger partial charge in [0.05, 0.1) is 12.7 Å². The molecule has 126 valence electrons. The molecule has 3 atom stereocenters. The predicted octanol–water partition coefficient (Wildman–Crippen LogP) is 1.43. The van der Waals surface area contributed by atoms with Crippen LogP contribution in [0.15, 0.2) is 30.3 Å². The standard InChI is InChI=1S/C18H26N2O3/c1-22-10-8-19-18(21)16-11-15-7-9-20(13-17(15)23-16)12-14-5-3-2-4-6-14/h2-6,15-17H,7-13H2,1H3,(H,19,21)/t15-,16+,17+/m0/s1. The largest absolute Gasteiger partial charge is 0.383 e.